The second-order valence-electron chi connectivity index (χ2n) is 23.8. The largest absolute Gasteiger partial charge is 0.394 e. The van der Waals surface area contributed by atoms with E-state index in [2.05, 4.69) is 34.6 Å². The Labute approximate surface area is 386 Å². The summed E-state index contributed by atoms with van der Waals surface area (Å²) in [5, 5.41) is 129. The van der Waals surface area contributed by atoms with E-state index in [1.165, 1.54) is 0 Å². The SMILES string of the molecule is CC(C)(O[C@H]1O[C@@H](CO)[C@H](O)[C@@H](O)[C@@H]1O)[C@@H]1CC[C@](C)([C@H]2[C@@H](O)C[C@@]3(C)[C@@H]4C[C@H](O[C@@H]5O[C@H](CO)[C@@H](O)[C@H](O)[C@@H]5O)[C@@H]5C(C)(C)[C@H](O[C@@H]6OC[C@H](O)[C@H](O)[C@@H]6O)CC[C@@]56C[C@@]46CC[C@]23C)O1. The van der Waals surface area contributed by atoms with Crippen LogP contribution in [-0.2, 0) is 33.2 Å². The van der Waals surface area contributed by atoms with Crippen LogP contribution in [-0.4, -0.2) is 203 Å². The smallest absolute Gasteiger partial charge is 0.187 e. The maximum Gasteiger partial charge on any atom is 0.187 e. The Hall–Kier alpha value is -0.760. The van der Waals surface area contributed by atoms with Gasteiger partial charge in [0.05, 0.1) is 55.4 Å². The van der Waals surface area contributed by atoms with Crippen LogP contribution in [0.2, 0.25) is 0 Å². The molecule has 4 heterocycles. The quantitative estimate of drug-likeness (QED) is 0.112. The summed E-state index contributed by atoms with van der Waals surface area (Å²) in [6, 6.07) is 0. The number of rotatable bonds is 10. The number of aliphatic hydroxyl groups excluding tert-OH is 12. The lowest BCUT2D eigenvalue weighted by atomic mass is 9.41. The van der Waals surface area contributed by atoms with Crippen molar-refractivity contribution in [1.82, 2.24) is 0 Å². The highest BCUT2D eigenvalue weighted by Gasteiger charge is 2.85. The molecule has 5 aliphatic carbocycles. The van der Waals surface area contributed by atoms with E-state index in [-0.39, 0.29) is 35.2 Å². The van der Waals surface area contributed by atoms with Gasteiger partial charge in [0.2, 0.25) is 0 Å². The van der Waals surface area contributed by atoms with Gasteiger partial charge in [-0.05, 0) is 117 Å². The van der Waals surface area contributed by atoms with Gasteiger partial charge in [0.1, 0.15) is 67.1 Å². The average Bonchev–Trinajstić information content (AvgIpc) is 3.63. The highest BCUT2D eigenvalue weighted by atomic mass is 16.7. The van der Waals surface area contributed by atoms with Gasteiger partial charge in [-0.25, -0.2) is 0 Å². The van der Waals surface area contributed by atoms with Gasteiger partial charge in [-0.1, -0.05) is 27.7 Å². The summed E-state index contributed by atoms with van der Waals surface area (Å²) < 4.78 is 44.3. The van der Waals surface area contributed by atoms with Gasteiger partial charge in [0, 0.05) is 5.92 Å². The first kappa shape index (κ1) is 50.2. The van der Waals surface area contributed by atoms with E-state index in [1.807, 2.05) is 13.8 Å². The molecule has 0 radical (unpaired) electrons. The van der Waals surface area contributed by atoms with Crippen molar-refractivity contribution in [2.45, 2.75) is 228 Å². The molecule has 0 aromatic heterocycles. The minimum absolute atomic E-state index is 0.00898. The van der Waals surface area contributed by atoms with Crippen molar-refractivity contribution in [3.05, 3.63) is 0 Å². The van der Waals surface area contributed by atoms with Crippen LogP contribution >= 0.6 is 0 Å². The van der Waals surface area contributed by atoms with Gasteiger partial charge in [0.15, 0.2) is 18.9 Å². The predicted molar refractivity (Wildman–Crippen MR) is 226 cm³/mol. The molecular weight excluding hydrogens is 868 g/mol. The van der Waals surface area contributed by atoms with Crippen LogP contribution in [0.25, 0.3) is 0 Å². The van der Waals surface area contributed by atoms with Crippen LogP contribution < -0.4 is 0 Å². The fraction of sp³-hybridized carbons (Fsp3) is 1.00. The molecular formula is C47H78O19. The van der Waals surface area contributed by atoms with Crippen LogP contribution in [0.1, 0.15) is 106 Å². The zero-order chi connectivity index (χ0) is 48.1. The number of hydrogen-bond donors (Lipinski definition) is 12. The second-order valence-corrected chi connectivity index (χ2v) is 23.8. The van der Waals surface area contributed by atoms with Crippen molar-refractivity contribution in [2.75, 3.05) is 19.8 Å². The predicted octanol–water partition coefficient (Wildman–Crippen LogP) is -1.45. The van der Waals surface area contributed by atoms with Crippen molar-refractivity contribution in [1.29, 1.82) is 0 Å². The third-order valence-corrected chi connectivity index (χ3v) is 19.9. The minimum Gasteiger partial charge on any atom is -0.394 e. The maximum atomic E-state index is 12.5. The molecule has 19 heteroatoms. The molecule has 66 heavy (non-hydrogen) atoms. The van der Waals surface area contributed by atoms with Crippen LogP contribution in [0.3, 0.4) is 0 Å². The Morgan fingerprint density at radius 2 is 1.20 bits per heavy atom. The van der Waals surface area contributed by atoms with Crippen molar-refractivity contribution in [3.8, 4) is 0 Å². The van der Waals surface area contributed by atoms with Gasteiger partial charge in [-0.15, -0.1) is 0 Å². The van der Waals surface area contributed by atoms with E-state index < -0.39 is 151 Å². The fourth-order valence-corrected chi connectivity index (χ4v) is 16.4. The standard InChI is InChI=1S/C47H78O19/c1-41(2)26(64-38-33(57)28(52)21(51)18-60-38)9-11-47-19-46(47)13-12-43(5)36(45(7)10-8-27(65-45)42(3,4)66-40-35(59)32(56)30(54)24(17-49)63-40)20(50)15-44(43,6)25(46)14-22(37(41)47)61-39-34(58)31(55)29(53)23(16-48)62-39/h20-40,48-59H,8-19H2,1-7H3/t20-,21-,22-,23+,24-,25-,26+,27-,28-,29+,30-,31-,32+,33-,34-,35-,36-,37+,38-,39+,40+,43+,44-,45+,46-,47+/m0/s1. The first-order valence-corrected chi connectivity index (χ1v) is 24.4. The number of hydrogen-bond acceptors (Lipinski definition) is 19. The van der Waals surface area contributed by atoms with Crippen molar-refractivity contribution < 1.29 is 94.4 Å². The lowest BCUT2D eigenvalue weighted by Crippen LogP contribution is -2.65. The molecule has 0 bridgehead atoms. The first-order chi connectivity index (χ1) is 30.8. The molecule has 9 fully saturated rings. The molecule has 4 saturated heterocycles. The zero-order valence-electron chi connectivity index (χ0n) is 39.3. The molecule has 0 aromatic rings. The lowest BCUT2D eigenvalue weighted by Gasteiger charge is -2.65. The Morgan fingerprint density at radius 3 is 1.83 bits per heavy atom. The lowest BCUT2D eigenvalue weighted by molar-refractivity contribution is -0.339. The Morgan fingerprint density at radius 1 is 0.591 bits per heavy atom. The number of aliphatic hydroxyl groups is 12. The molecule has 0 aromatic carbocycles. The van der Waals surface area contributed by atoms with E-state index in [9.17, 15) is 61.3 Å². The van der Waals surface area contributed by atoms with Crippen molar-refractivity contribution in [3.63, 3.8) is 0 Å². The molecule has 9 aliphatic rings. The third-order valence-electron chi connectivity index (χ3n) is 19.9. The maximum absolute atomic E-state index is 12.5. The van der Waals surface area contributed by atoms with Crippen molar-refractivity contribution >= 4 is 0 Å². The Kier molecular flexibility index (Phi) is 12.9. The van der Waals surface area contributed by atoms with Gasteiger partial charge in [-0.3, -0.25) is 0 Å². The van der Waals surface area contributed by atoms with E-state index >= 15 is 0 Å². The molecule has 2 spiro atoms. The summed E-state index contributed by atoms with van der Waals surface area (Å²) in [6.07, 6.45) is -16.3. The molecule has 380 valence electrons. The summed E-state index contributed by atoms with van der Waals surface area (Å²) in [6.45, 7) is 13.0. The highest BCUT2D eigenvalue weighted by Crippen LogP contribution is 2.89. The molecule has 0 unspecified atom stereocenters. The summed E-state index contributed by atoms with van der Waals surface area (Å²) >= 11 is 0. The molecule has 0 amide bonds. The van der Waals surface area contributed by atoms with E-state index in [0.29, 0.717) is 32.1 Å². The summed E-state index contributed by atoms with van der Waals surface area (Å²) in [5.74, 6) is -0.523. The van der Waals surface area contributed by atoms with Gasteiger partial charge in [0.25, 0.3) is 0 Å². The van der Waals surface area contributed by atoms with Crippen LogP contribution in [0.4, 0.5) is 0 Å². The first-order valence-electron chi connectivity index (χ1n) is 24.4. The van der Waals surface area contributed by atoms with E-state index in [1.54, 1.807) is 0 Å². The van der Waals surface area contributed by atoms with Gasteiger partial charge >= 0.3 is 0 Å². The van der Waals surface area contributed by atoms with Gasteiger partial charge in [-0.2, -0.15) is 0 Å². The van der Waals surface area contributed by atoms with Crippen molar-refractivity contribution in [2.24, 2.45) is 44.8 Å². The second kappa shape index (κ2) is 16.9. The Bertz CT molecular complexity index is 1770. The number of fused-ring (bicyclic) bond motifs is 2. The summed E-state index contributed by atoms with van der Waals surface area (Å²) in [4.78, 5) is 0. The topological polar surface area (TPSA) is 307 Å². The van der Waals surface area contributed by atoms with Crippen LogP contribution in [0.5, 0.6) is 0 Å². The van der Waals surface area contributed by atoms with Gasteiger partial charge < -0.3 is 94.4 Å². The molecule has 4 aliphatic heterocycles. The molecule has 12 N–H and O–H groups in total. The normalized spacial score (nSPS) is 58.0. The fourth-order valence-electron chi connectivity index (χ4n) is 16.4. The Balaban J connectivity index is 1.01. The monoisotopic (exact) mass is 947 g/mol. The number of ether oxygens (including phenoxy) is 7. The highest BCUT2D eigenvalue weighted by molar-refractivity contribution is 5.33. The third kappa shape index (κ3) is 7.22. The minimum atomic E-state index is -1.65. The summed E-state index contributed by atoms with van der Waals surface area (Å²) in [7, 11) is 0. The van der Waals surface area contributed by atoms with E-state index in [4.69, 9.17) is 33.2 Å². The zero-order valence-corrected chi connectivity index (χ0v) is 39.3. The molecule has 19 nitrogen and oxygen atoms in total. The molecule has 9 rings (SSSR count). The van der Waals surface area contributed by atoms with Crippen LogP contribution in [0.15, 0.2) is 0 Å². The van der Waals surface area contributed by atoms with E-state index in [0.717, 1.165) is 25.7 Å². The average molecular weight is 947 g/mol. The summed E-state index contributed by atoms with van der Waals surface area (Å²) in [5.41, 5.74) is -3.88. The molecule has 5 saturated carbocycles. The van der Waals surface area contributed by atoms with Crippen LogP contribution in [0, 0.1) is 44.8 Å². The molecule has 26 atom stereocenters.